The molecule has 0 N–H and O–H groups in total. The molecule has 1 aliphatic heterocycles. The summed E-state index contributed by atoms with van der Waals surface area (Å²) < 4.78 is 21.5. The largest absolute Gasteiger partial charge is 0.497 e. The van der Waals surface area contributed by atoms with Gasteiger partial charge >= 0.3 is 5.97 Å². The molecule has 1 unspecified atom stereocenters. The SMILES string of the molecule is COC(=O)C1C(C)=NC2=C(C(=O)C[C@H](c3ccc(OC)cc3)C2)[C@H]1c1cc(OC)ccc1OC. The smallest absolute Gasteiger partial charge is 0.315 e. The first-order valence-corrected chi connectivity index (χ1v) is 11.2. The topological polar surface area (TPSA) is 83.4 Å². The Labute approximate surface area is 199 Å². The van der Waals surface area contributed by atoms with Gasteiger partial charge in [0.05, 0.1) is 28.4 Å². The molecule has 34 heavy (non-hydrogen) atoms. The Kier molecular flexibility index (Phi) is 6.72. The van der Waals surface area contributed by atoms with Gasteiger partial charge in [-0.15, -0.1) is 0 Å². The lowest BCUT2D eigenvalue weighted by Crippen LogP contribution is -2.38. The quantitative estimate of drug-likeness (QED) is 0.588. The van der Waals surface area contributed by atoms with E-state index < -0.39 is 17.8 Å². The highest BCUT2D eigenvalue weighted by molar-refractivity contribution is 6.09. The third-order valence-electron chi connectivity index (χ3n) is 6.70. The van der Waals surface area contributed by atoms with Crippen molar-refractivity contribution in [2.75, 3.05) is 28.4 Å². The van der Waals surface area contributed by atoms with Crippen molar-refractivity contribution >= 4 is 17.5 Å². The normalized spacial score (nSPS) is 22.0. The van der Waals surface area contributed by atoms with Crippen molar-refractivity contribution in [3.8, 4) is 17.2 Å². The summed E-state index contributed by atoms with van der Waals surface area (Å²) in [4.78, 5) is 31.3. The number of aliphatic imine (C=N–C) groups is 1. The van der Waals surface area contributed by atoms with E-state index in [1.807, 2.05) is 37.3 Å². The van der Waals surface area contributed by atoms with Crippen molar-refractivity contribution in [1.29, 1.82) is 0 Å². The minimum absolute atomic E-state index is 0.00348. The minimum atomic E-state index is -0.730. The van der Waals surface area contributed by atoms with Crippen molar-refractivity contribution in [1.82, 2.24) is 0 Å². The number of carbonyl (C=O) groups excluding carboxylic acids is 2. The zero-order chi connectivity index (χ0) is 24.4. The molecule has 0 amide bonds. The molecule has 2 aliphatic rings. The van der Waals surface area contributed by atoms with Crippen molar-refractivity contribution < 1.29 is 28.5 Å². The number of hydrogen-bond donors (Lipinski definition) is 0. The monoisotopic (exact) mass is 463 g/mol. The van der Waals surface area contributed by atoms with Gasteiger partial charge in [-0.05, 0) is 55.2 Å². The summed E-state index contributed by atoms with van der Waals surface area (Å²) in [6.07, 6.45) is 0.928. The number of allylic oxidation sites excluding steroid dienone is 2. The van der Waals surface area contributed by atoms with Crippen LogP contribution in [-0.2, 0) is 14.3 Å². The molecule has 3 atom stereocenters. The molecule has 2 aromatic rings. The van der Waals surface area contributed by atoms with Gasteiger partial charge in [0.1, 0.15) is 23.2 Å². The Morgan fingerprint density at radius 1 is 0.912 bits per heavy atom. The standard InChI is InChI=1S/C27H29NO6/c1-15-24(27(30)34-5)25(20-14-19(32-3)10-11-23(20)33-4)26-21(28-15)12-17(13-22(26)29)16-6-8-18(31-2)9-7-16/h6-11,14,17,24-25H,12-13H2,1-5H3/t17-,24?,25+/m1/s1. The molecule has 7 nitrogen and oxygen atoms in total. The van der Waals surface area contributed by atoms with Gasteiger partial charge in [0.2, 0.25) is 0 Å². The van der Waals surface area contributed by atoms with Gasteiger partial charge in [0.15, 0.2) is 5.78 Å². The number of Topliss-reactive ketones (excluding diaryl/α,β-unsaturated/α-hetero) is 1. The van der Waals surface area contributed by atoms with E-state index in [2.05, 4.69) is 0 Å². The Morgan fingerprint density at radius 2 is 1.59 bits per heavy atom. The molecule has 0 spiro atoms. The molecule has 0 fully saturated rings. The Bertz CT molecular complexity index is 1160. The Morgan fingerprint density at radius 3 is 2.21 bits per heavy atom. The van der Waals surface area contributed by atoms with Crippen LogP contribution >= 0.6 is 0 Å². The van der Waals surface area contributed by atoms with Gasteiger partial charge in [0, 0.05) is 34.9 Å². The number of esters is 1. The molecule has 2 aromatic carbocycles. The molecular formula is C27H29NO6. The summed E-state index contributed by atoms with van der Waals surface area (Å²) in [7, 11) is 6.12. The van der Waals surface area contributed by atoms with Crippen molar-refractivity contribution in [2.45, 2.75) is 31.6 Å². The summed E-state index contributed by atoms with van der Waals surface area (Å²) in [5, 5.41) is 0. The zero-order valence-electron chi connectivity index (χ0n) is 20.1. The second-order valence-corrected chi connectivity index (χ2v) is 8.50. The van der Waals surface area contributed by atoms with Crippen LogP contribution in [0.2, 0.25) is 0 Å². The van der Waals surface area contributed by atoms with E-state index in [-0.39, 0.29) is 11.7 Å². The summed E-state index contributed by atoms with van der Waals surface area (Å²) in [6.45, 7) is 1.81. The van der Waals surface area contributed by atoms with Gasteiger partial charge in [-0.2, -0.15) is 0 Å². The zero-order valence-corrected chi connectivity index (χ0v) is 20.1. The lowest BCUT2D eigenvalue weighted by atomic mass is 9.69. The number of hydrogen-bond acceptors (Lipinski definition) is 7. The predicted molar refractivity (Wildman–Crippen MR) is 128 cm³/mol. The van der Waals surface area contributed by atoms with Crippen LogP contribution in [0.25, 0.3) is 0 Å². The molecular weight excluding hydrogens is 434 g/mol. The van der Waals surface area contributed by atoms with Crippen molar-refractivity contribution in [2.24, 2.45) is 10.9 Å². The third-order valence-corrected chi connectivity index (χ3v) is 6.70. The average Bonchev–Trinajstić information content (AvgIpc) is 2.86. The van der Waals surface area contributed by atoms with Crippen LogP contribution in [0.4, 0.5) is 0 Å². The summed E-state index contributed by atoms with van der Waals surface area (Å²) >= 11 is 0. The van der Waals surface area contributed by atoms with E-state index >= 15 is 0 Å². The number of benzene rings is 2. The number of ether oxygens (including phenoxy) is 4. The van der Waals surface area contributed by atoms with E-state index in [1.54, 1.807) is 33.5 Å². The van der Waals surface area contributed by atoms with Gasteiger partial charge < -0.3 is 18.9 Å². The first kappa shape index (κ1) is 23.5. The summed E-state index contributed by atoms with van der Waals surface area (Å²) in [6, 6.07) is 13.2. The van der Waals surface area contributed by atoms with Gasteiger partial charge in [-0.1, -0.05) is 12.1 Å². The molecule has 7 heteroatoms. The van der Waals surface area contributed by atoms with Crippen molar-refractivity contribution in [3.63, 3.8) is 0 Å². The van der Waals surface area contributed by atoms with Crippen molar-refractivity contribution in [3.05, 3.63) is 64.9 Å². The number of ketones is 1. The first-order valence-electron chi connectivity index (χ1n) is 11.2. The molecule has 1 aliphatic carbocycles. The fourth-order valence-electron chi connectivity index (χ4n) is 5.02. The van der Waals surface area contributed by atoms with Crippen LogP contribution in [0.5, 0.6) is 17.2 Å². The maximum atomic E-state index is 13.7. The number of nitrogens with zero attached hydrogens (tertiary/aromatic N) is 1. The third kappa shape index (κ3) is 4.18. The second-order valence-electron chi connectivity index (χ2n) is 8.50. The first-order chi connectivity index (χ1) is 16.4. The van der Waals surface area contributed by atoms with Crippen LogP contribution in [0.15, 0.2) is 58.7 Å². The van der Waals surface area contributed by atoms with Gasteiger partial charge in [-0.3, -0.25) is 14.6 Å². The maximum absolute atomic E-state index is 13.7. The van der Waals surface area contributed by atoms with Crippen LogP contribution in [-0.4, -0.2) is 45.9 Å². The van der Waals surface area contributed by atoms with Gasteiger partial charge in [-0.25, -0.2) is 0 Å². The molecule has 0 aromatic heterocycles. The molecule has 1 heterocycles. The van der Waals surface area contributed by atoms with Gasteiger partial charge in [0.25, 0.3) is 0 Å². The minimum Gasteiger partial charge on any atom is -0.497 e. The number of methoxy groups -OCH3 is 4. The molecule has 0 bridgehead atoms. The van der Waals surface area contributed by atoms with E-state index in [0.717, 1.165) is 11.3 Å². The molecule has 4 rings (SSSR count). The lowest BCUT2D eigenvalue weighted by molar-refractivity contribution is -0.143. The van der Waals surface area contributed by atoms with Crippen LogP contribution in [0.3, 0.4) is 0 Å². The fraction of sp³-hybridized carbons (Fsp3) is 0.370. The summed E-state index contributed by atoms with van der Waals surface area (Å²) in [5.41, 5.74) is 3.64. The molecule has 0 saturated heterocycles. The Hall–Kier alpha value is -3.61. The van der Waals surface area contributed by atoms with E-state index in [0.29, 0.717) is 46.9 Å². The number of carbonyl (C=O) groups is 2. The van der Waals surface area contributed by atoms with E-state index in [1.165, 1.54) is 7.11 Å². The van der Waals surface area contributed by atoms with Crippen LogP contribution in [0, 0.1) is 5.92 Å². The second kappa shape index (κ2) is 9.71. The highest BCUT2D eigenvalue weighted by Crippen LogP contribution is 2.49. The van der Waals surface area contributed by atoms with Crippen LogP contribution < -0.4 is 14.2 Å². The molecule has 0 radical (unpaired) electrons. The average molecular weight is 464 g/mol. The van der Waals surface area contributed by atoms with Crippen LogP contribution in [0.1, 0.15) is 42.7 Å². The highest BCUT2D eigenvalue weighted by atomic mass is 16.5. The lowest BCUT2D eigenvalue weighted by Gasteiger charge is -2.36. The van der Waals surface area contributed by atoms with E-state index in [9.17, 15) is 9.59 Å². The van der Waals surface area contributed by atoms with E-state index in [4.69, 9.17) is 23.9 Å². The Balaban J connectivity index is 1.84. The highest BCUT2D eigenvalue weighted by Gasteiger charge is 2.45. The fourth-order valence-corrected chi connectivity index (χ4v) is 5.02. The predicted octanol–water partition coefficient (Wildman–Crippen LogP) is 4.46. The molecule has 178 valence electrons. The number of rotatable bonds is 6. The summed E-state index contributed by atoms with van der Waals surface area (Å²) in [5.74, 6) is 0.183. The maximum Gasteiger partial charge on any atom is 0.315 e. The molecule has 0 saturated carbocycles.